The summed E-state index contributed by atoms with van der Waals surface area (Å²) in [5, 5.41) is 2.81. The van der Waals surface area contributed by atoms with Crippen molar-refractivity contribution in [3.63, 3.8) is 0 Å². The van der Waals surface area contributed by atoms with Gasteiger partial charge in [0, 0.05) is 20.3 Å². The lowest BCUT2D eigenvalue weighted by Crippen LogP contribution is -2.45. The fourth-order valence-corrected chi connectivity index (χ4v) is 1.25. The number of carbonyl (C=O) groups excluding carboxylic acids is 1. The number of hydrogen-bond acceptors (Lipinski definition) is 4. The lowest BCUT2D eigenvalue weighted by atomic mass is 10.2. The molecule has 0 saturated carbocycles. The Bertz CT molecular complexity index is 165. The van der Waals surface area contributed by atoms with Crippen LogP contribution in [0, 0.1) is 0 Å². The van der Waals surface area contributed by atoms with Crippen molar-refractivity contribution in [2.45, 2.75) is 18.6 Å². The average molecular weight is 188 g/mol. The molecular formula is C8H16N2O3. The van der Waals surface area contributed by atoms with E-state index in [0.29, 0.717) is 13.2 Å². The molecule has 1 heterocycles. The van der Waals surface area contributed by atoms with Gasteiger partial charge in [0.1, 0.15) is 6.10 Å². The van der Waals surface area contributed by atoms with E-state index in [1.54, 1.807) is 0 Å². The Morgan fingerprint density at radius 2 is 2.62 bits per heavy atom. The molecule has 5 heteroatoms. The fraction of sp³-hybridized carbons (Fsp3) is 0.875. The van der Waals surface area contributed by atoms with Gasteiger partial charge in [0.05, 0.1) is 12.6 Å². The summed E-state index contributed by atoms with van der Waals surface area (Å²) in [6.07, 6.45) is 0.327. The van der Waals surface area contributed by atoms with Gasteiger partial charge in [0.2, 0.25) is 0 Å². The topological polar surface area (TPSA) is 73.6 Å². The molecule has 1 aliphatic rings. The number of nitrogens with two attached hydrogens (primary N) is 1. The molecule has 13 heavy (non-hydrogen) atoms. The minimum atomic E-state index is -0.541. The normalized spacial score (nSPS) is 24.3. The quantitative estimate of drug-likeness (QED) is 0.585. The predicted octanol–water partition coefficient (Wildman–Crippen LogP) is -1.13. The summed E-state index contributed by atoms with van der Waals surface area (Å²) in [6.45, 7) is 1.51. The minimum Gasteiger partial charge on any atom is -0.379 e. The predicted molar refractivity (Wildman–Crippen MR) is 47.2 cm³/mol. The molecule has 1 aliphatic heterocycles. The first kappa shape index (κ1) is 10.4. The molecule has 76 valence electrons. The summed E-state index contributed by atoms with van der Waals surface area (Å²) < 4.78 is 10.0. The first-order chi connectivity index (χ1) is 6.27. The first-order valence-electron chi connectivity index (χ1n) is 4.39. The van der Waals surface area contributed by atoms with Crippen LogP contribution in [0.2, 0.25) is 0 Å². The highest BCUT2D eigenvalue weighted by Gasteiger charge is 2.22. The van der Waals surface area contributed by atoms with Gasteiger partial charge < -0.3 is 20.5 Å². The van der Waals surface area contributed by atoms with Crippen LogP contribution in [0.4, 0.5) is 0 Å². The summed E-state index contributed by atoms with van der Waals surface area (Å²) in [4.78, 5) is 11.4. The van der Waals surface area contributed by atoms with Crippen LogP contribution in [0.5, 0.6) is 0 Å². The molecule has 0 aromatic carbocycles. The molecular weight excluding hydrogens is 172 g/mol. The smallest absolute Gasteiger partial charge is 0.250 e. The molecule has 0 aromatic rings. The molecule has 0 radical (unpaired) electrons. The summed E-state index contributed by atoms with van der Waals surface area (Å²) in [7, 11) is 1.47. The van der Waals surface area contributed by atoms with E-state index in [4.69, 9.17) is 15.2 Å². The van der Waals surface area contributed by atoms with Crippen LogP contribution in [0.15, 0.2) is 0 Å². The van der Waals surface area contributed by atoms with Gasteiger partial charge in [-0.05, 0) is 6.42 Å². The van der Waals surface area contributed by atoms with Crippen molar-refractivity contribution >= 4 is 5.91 Å². The van der Waals surface area contributed by atoms with Gasteiger partial charge in [-0.3, -0.25) is 4.79 Å². The zero-order valence-electron chi connectivity index (χ0n) is 7.79. The van der Waals surface area contributed by atoms with Crippen LogP contribution >= 0.6 is 0 Å². The minimum absolute atomic E-state index is 0.122. The molecule has 1 rings (SSSR count). The third-order valence-corrected chi connectivity index (χ3v) is 2.07. The van der Waals surface area contributed by atoms with Gasteiger partial charge in [0.15, 0.2) is 0 Å². The molecule has 5 nitrogen and oxygen atoms in total. The van der Waals surface area contributed by atoms with E-state index in [0.717, 1.165) is 6.42 Å². The van der Waals surface area contributed by atoms with E-state index in [2.05, 4.69) is 5.32 Å². The average Bonchev–Trinajstić information content (AvgIpc) is 2.59. The molecule has 0 aliphatic carbocycles. The van der Waals surface area contributed by atoms with Crippen molar-refractivity contribution in [2.24, 2.45) is 5.73 Å². The second kappa shape index (κ2) is 5.16. The molecule has 0 aromatic heterocycles. The number of ether oxygens (including phenoxy) is 2. The lowest BCUT2D eigenvalue weighted by molar-refractivity contribution is -0.131. The second-order valence-corrected chi connectivity index (χ2v) is 3.03. The molecule has 0 bridgehead atoms. The molecule has 2 unspecified atom stereocenters. The van der Waals surface area contributed by atoms with E-state index in [1.165, 1.54) is 7.11 Å². The zero-order valence-corrected chi connectivity index (χ0v) is 7.79. The Labute approximate surface area is 77.6 Å². The van der Waals surface area contributed by atoms with Crippen LogP contribution in [-0.2, 0) is 14.3 Å². The molecule has 1 saturated heterocycles. The van der Waals surface area contributed by atoms with Gasteiger partial charge in [0.25, 0.3) is 5.91 Å². The van der Waals surface area contributed by atoms with Crippen molar-refractivity contribution in [1.82, 2.24) is 5.32 Å². The van der Waals surface area contributed by atoms with E-state index in [-0.39, 0.29) is 18.5 Å². The maximum Gasteiger partial charge on any atom is 0.250 e. The highest BCUT2D eigenvalue weighted by atomic mass is 16.5. The van der Waals surface area contributed by atoms with Crippen molar-refractivity contribution in [1.29, 1.82) is 0 Å². The van der Waals surface area contributed by atoms with Gasteiger partial charge in [-0.15, -0.1) is 0 Å². The molecule has 2 atom stereocenters. The van der Waals surface area contributed by atoms with Crippen molar-refractivity contribution in [3.8, 4) is 0 Å². The third kappa shape index (κ3) is 2.95. The van der Waals surface area contributed by atoms with Gasteiger partial charge in [-0.2, -0.15) is 0 Å². The fourth-order valence-electron chi connectivity index (χ4n) is 1.25. The largest absolute Gasteiger partial charge is 0.379 e. The maximum absolute atomic E-state index is 11.4. The van der Waals surface area contributed by atoms with Gasteiger partial charge >= 0.3 is 0 Å². The van der Waals surface area contributed by atoms with E-state index >= 15 is 0 Å². The number of carbonyl (C=O) groups is 1. The number of methoxy groups -OCH3 is 1. The summed E-state index contributed by atoms with van der Waals surface area (Å²) in [6, 6.07) is 0.122. The lowest BCUT2D eigenvalue weighted by Gasteiger charge is -2.16. The highest BCUT2D eigenvalue weighted by molar-refractivity contribution is 5.81. The third-order valence-electron chi connectivity index (χ3n) is 2.07. The van der Waals surface area contributed by atoms with E-state index < -0.39 is 6.10 Å². The summed E-state index contributed by atoms with van der Waals surface area (Å²) >= 11 is 0. The Kier molecular flexibility index (Phi) is 4.14. The van der Waals surface area contributed by atoms with E-state index in [1.807, 2.05) is 0 Å². The second-order valence-electron chi connectivity index (χ2n) is 3.03. The number of nitrogens with one attached hydrogen (secondary N) is 1. The zero-order chi connectivity index (χ0) is 9.68. The number of rotatable bonds is 4. The Balaban J connectivity index is 2.29. The summed E-state index contributed by atoms with van der Waals surface area (Å²) in [5.41, 5.74) is 5.34. The molecule has 1 amide bonds. The molecule has 1 fully saturated rings. The van der Waals surface area contributed by atoms with Crippen LogP contribution < -0.4 is 11.1 Å². The molecule has 0 spiro atoms. The van der Waals surface area contributed by atoms with Crippen molar-refractivity contribution < 1.29 is 14.3 Å². The summed E-state index contributed by atoms with van der Waals surface area (Å²) in [5.74, 6) is -0.152. The first-order valence-corrected chi connectivity index (χ1v) is 4.39. The Morgan fingerprint density at radius 3 is 3.08 bits per heavy atom. The van der Waals surface area contributed by atoms with E-state index in [9.17, 15) is 4.79 Å². The highest BCUT2D eigenvalue weighted by Crippen LogP contribution is 2.03. The maximum atomic E-state index is 11.4. The van der Waals surface area contributed by atoms with Crippen LogP contribution in [0.25, 0.3) is 0 Å². The SMILES string of the molecule is COC(CN)C(=O)NC1CCOC1. The molecule has 3 N–H and O–H groups in total. The van der Waals surface area contributed by atoms with Gasteiger partial charge in [-0.1, -0.05) is 0 Å². The number of amides is 1. The standard InChI is InChI=1S/C8H16N2O3/c1-12-7(4-9)8(11)10-6-2-3-13-5-6/h6-7H,2-5,9H2,1H3,(H,10,11). The Hall–Kier alpha value is -0.650. The van der Waals surface area contributed by atoms with Crippen LogP contribution in [0.1, 0.15) is 6.42 Å². The number of hydrogen-bond donors (Lipinski definition) is 2. The van der Waals surface area contributed by atoms with Gasteiger partial charge in [-0.25, -0.2) is 0 Å². The van der Waals surface area contributed by atoms with Crippen molar-refractivity contribution in [3.05, 3.63) is 0 Å². The van der Waals surface area contributed by atoms with Crippen LogP contribution in [0.3, 0.4) is 0 Å². The van der Waals surface area contributed by atoms with Crippen LogP contribution in [-0.4, -0.2) is 44.9 Å². The monoisotopic (exact) mass is 188 g/mol. The Morgan fingerprint density at radius 1 is 1.85 bits per heavy atom. The van der Waals surface area contributed by atoms with Crippen molar-refractivity contribution in [2.75, 3.05) is 26.9 Å².